The normalized spacial score (nSPS) is 10.6. The van der Waals surface area contributed by atoms with Crippen LogP contribution in [0.4, 0.5) is 0 Å². The average molecular weight is 719 g/mol. The van der Waals surface area contributed by atoms with Crippen molar-refractivity contribution in [2.24, 2.45) is 0 Å². The van der Waals surface area contributed by atoms with Gasteiger partial charge in [-0.1, -0.05) is 114 Å². The van der Waals surface area contributed by atoms with Crippen LogP contribution >= 0.6 is 0 Å². The standard InChI is InChI=1S/C28H22N.C11H8N.Ir/c1-19(2)21-14-15-29-28(18-21)22-12-13-24-23(16-22)17-27(20-8-4-3-5-9-20)26-11-7-6-10-25(24)26;1-2-6-10(7-3-1)11-8-4-5-9-12-11;/h3-11,13-19H,1-2H3;1-6,8-9H;/q2*-1;. The molecule has 0 fully saturated rings. The second kappa shape index (κ2) is 13.5. The molecule has 0 aliphatic carbocycles. The maximum absolute atomic E-state index is 4.61. The van der Waals surface area contributed by atoms with Crippen molar-refractivity contribution in [3.8, 4) is 33.6 Å². The van der Waals surface area contributed by atoms with Gasteiger partial charge in [0, 0.05) is 32.5 Å². The third kappa shape index (κ3) is 6.39. The van der Waals surface area contributed by atoms with E-state index >= 15 is 0 Å². The molecule has 2 aromatic heterocycles. The smallest absolute Gasteiger partial charge is 0.0163 e. The van der Waals surface area contributed by atoms with Crippen LogP contribution in [0.25, 0.3) is 55.2 Å². The van der Waals surface area contributed by atoms with Gasteiger partial charge in [0.1, 0.15) is 0 Å². The van der Waals surface area contributed by atoms with Gasteiger partial charge in [-0.05, 0) is 46.0 Å². The van der Waals surface area contributed by atoms with Gasteiger partial charge in [0.25, 0.3) is 0 Å². The van der Waals surface area contributed by atoms with Crippen molar-refractivity contribution < 1.29 is 20.1 Å². The van der Waals surface area contributed by atoms with E-state index in [4.69, 9.17) is 0 Å². The molecule has 0 unspecified atom stereocenters. The minimum absolute atomic E-state index is 0. The van der Waals surface area contributed by atoms with Crippen LogP contribution in [-0.2, 0) is 20.1 Å². The second-order valence-corrected chi connectivity index (χ2v) is 10.3. The molecule has 0 saturated heterocycles. The summed E-state index contributed by atoms with van der Waals surface area (Å²) in [5.74, 6) is 0.478. The first-order valence-corrected chi connectivity index (χ1v) is 13.9. The van der Waals surface area contributed by atoms with Crippen molar-refractivity contribution in [2.45, 2.75) is 19.8 Å². The molecule has 5 aromatic carbocycles. The average Bonchev–Trinajstić information content (AvgIpc) is 3.05. The topological polar surface area (TPSA) is 25.8 Å². The number of hydrogen-bond acceptors (Lipinski definition) is 2. The van der Waals surface area contributed by atoms with Crippen molar-refractivity contribution in [3.63, 3.8) is 0 Å². The predicted molar refractivity (Wildman–Crippen MR) is 172 cm³/mol. The van der Waals surface area contributed by atoms with E-state index in [0.717, 1.165) is 22.5 Å². The first-order chi connectivity index (χ1) is 20.2. The molecule has 1 radical (unpaired) electrons. The van der Waals surface area contributed by atoms with Gasteiger partial charge in [-0.2, -0.15) is 0 Å². The molecule has 0 spiro atoms. The Labute approximate surface area is 261 Å². The molecule has 0 aliphatic heterocycles. The predicted octanol–water partition coefficient (Wildman–Crippen LogP) is 10.2. The Balaban J connectivity index is 0.000000228. The van der Waals surface area contributed by atoms with Crippen LogP contribution in [-0.4, -0.2) is 9.97 Å². The number of rotatable bonds is 4. The van der Waals surface area contributed by atoms with E-state index < -0.39 is 0 Å². The minimum atomic E-state index is 0. The minimum Gasteiger partial charge on any atom is -0.305 e. The zero-order valence-electron chi connectivity index (χ0n) is 23.6. The van der Waals surface area contributed by atoms with Gasteiger partial charge in [-0.3, -0.25) is 0 Å². The van der Waals surface area contributed by atoms with Crippen LogP contribution in [0.2, 0.25) is 0 Å². The summed E-state index contributed by atoms with van der Waals surface area (Å²) < 4.78 is 0. The van der Waals surface area contributed by atoms with Crippen LogP contribution in [0, 0.1) is 12.1 Å². The Morgan fingerprint density at radius 2 is 1.31 bits per heavy atom. The first-order valence-electron chi connectivity index (χ1n) is 13.9. The molecule has 207 valence electrons. The Hall–Kier alpha value is -4.43. The van der Waals surface area contributed by atoms with E-state index in [1.54, 1.807) is 6.20 Å². The Kier molecular flexibility index (Phi) is 9.34. The van der Waals surface area contributed by atoms with E-state index in [1.165, 1.54) is 38.2 Å². The monoisotopic (exact) mass is 719 g/mol. The molecule has 3 heteroatoms. The molecule has 0 atom stereocenters. The van der Waals surface area contributed by atoms with Gasteiger partial charge in [0.15, 0.2) is 0 Å². The maximum Gasteiger partial charge on any atom is 0.0163 e. The number of benzene rings is 5. The molecule has 42 heavy (non-hydrogen) atoms. The van der Waals surface area contributed by atoms with Crippen molar-refractivity contribution in [1.29, 1.82) is 0 Å². The molecular weight excluding hydrogens is 689 g/mol. The van der Waals surface area contributed by atoms with Crippen molar-refractivity contribution in [2.75, 3.05) is 0 Å². The van der Waals surface area contributed by atoms with Crippen LogP contribution in [0.1, 0.15) is 25.3 Å². The van der Waals surface area contributed by atoms with Crippen LogP contribution in [0.5, 0.6) is 0 Å². The molecule has 0 N–H and O–H groups in total. The van der Waals surface area contributed by atoms with E-state index in [2.05, 4.69) is 121 Å². The Morgan fingerprint density at radius 1 is 0.571 bits per heavy atom. The van der Waals surface area contributed by atoms with Gasteiger partial charge in [-0.25, -0.2) is 0 Å². The van der Waals surface area contributed by atoms with Gasteiger partial charge >= 0.3 is 0 Å². The van der Waals surface area contributed by atoms with Gasteiger partial charge in [0.2, 0.25) is 0 Å². The summed E-state index contributed by atoms with van der Waals surface area (Å²) >= 11 is 0. The molecule has 0 bridgehead atoms. The van der Waals surface area contributed by atoms with Crippen LogP contribution in [0.3, 0.4) is 0 Å². The van der Waals surface area contributed by atoms with Gasteiger partial charge < -0.3 is 9.97 Å². The molecular formula is C39H30IrN2-2. The fourth-order valence-electron chi connectivity index (χ4n) is 5.08. The molecule has 7 rings (SSSR count). The Morgan fingerprint density at radius 3 is 2.05 bits per heavy atom. The molecule has 7 aromatic rings. The number of nitrogens with zero attached hydrogens (tertiary/aromatic N) is 2. The van der Waals surface area contributed by atoms with Crippen molar-refractivity contribution in [1.82, 2.24) is 9.97 Å². The summed E-state index contributed by atoms with van der Waals surface area (Å²) in [5.41, 5.74) is 7.82. The largest absolute Gasteiger partial charge is 0.305 e. The molecule has 0 amide bonds. The third-order valence-corrected chi connectivity index (χ3v) is 7.25. The van der Waals surface area contributed by atoms with E-state index in [1.807, 2.05) is 48.7 Å². The summed E-state index contributed by atoms with van der Waals surface area (Å²) in [5, 5.41) is 4.97. The summed E-state index contributed by atoms with van der Waals surface area (Å²) in [6.07, 6.45) is 3.69. The fraction of sp³-hybridized carbons (Fsp3) is 0.0769. The third-order valence-electron chi connectivity index (χ3n) is 7.25. The zero-order valence-corrected chi connectivity index (χ0v) is 26.0. The molecule has 2 heterocycles. The summed E-state index contributed by atoms with van der Waals surface area (Å²) in [6.45, 7) is 4.42. The van der Waals surface area contributed by atoms with Crippen LogP contribution < -0.4 is 0 Å². The zero-order chi connectivity index (χ0) is 28.0. The first kappa shape index (κ1) is 29.1. The van der Waals surface area contributed by atoms with Crippen molar-refractivity contribution in [3.05, 3.63) is 157 Å². The Bertz CT molecular complexity index is 1860. The fourth-order valence-corrected chi connectivity index (χ4v) is 5.08. The maximum atomic E-state index is 4.61. The summed E-state index contributed by atoms with van der Waals surface area (Å²) in [6, 6.07) is 50.5. The summed E-state index contributed by atoms with van der Waals surface area (Å²) in [7, 11) is 0. The summed E-state index contributed by atoms with van der Waals surface area (Å²) in [4.78, 5) is 8.83. The van der Waals surface area contributed by atoms with Crippen molar-refractivity contribution >= 4 is 21.5 Å². The van der Waals surface area contributed by atoms with E-state index in [9.17, 15) is 0 Å². The quantitative estimate of drug-likeness (QED) is 0.134. The van der Waals surface area contributed by atoms with Crippen LogP contribution in [0.15, 0.2) is 140 Å². The molecule has 0 saturated carbocycles. The molecule has 0 aliphatic rings. The molecule has 2 nitrogen and oxygen atoms in total. The van der Waals surface area contributed by atoms with Gasteiger partial charge in [0.05, 0.1) is 0 Å². The van der Waals surface area contributed by atoms with E-state index in [-0.39, 0.29) is 20.1 Å². The number of pyridine rings is 2. The van der Waals surface area contributed by atoms with E-state index in [0.29, 0.717) is 5.92 Å². The SMILES string of the molecule is CC(C)c1ccnc(-c2[c-]cc3c(c2)cc(-c2ccccc2)c2ccccc23)c1.[Ir].[c-]1ccccc1-c1ccccn1. The number of fused-ring (bicyclic) bond motifs is 3. The van der Waals surface area contributed by atoms with Gasteiger partial charge in [-0.15, -0.1) is 59.7 Å². The second-order valence-electron chi connectivity index (χ2n) is 10.3. The number of aromatic nitrogens is 2. The number of hydrogen-bond donors (Lipinski definition) is 0.